The smallest absolute Gasteiger partial charge is 0.407 e. The summed E-state index contributed by atoms with van der Waals surface area (Å²) in [6.45, 7) is 2.28. The van der Waals surface area contributed by atoms with Crippen LogP contribution in [0.1, 0.15) is 64.7 Å². The summed E-state index contributed by atoms with van der Waals surface area (Å²) in [6.07, 6.45) is 10.5. The molecule has 0 heterocycles. The third-order valence-corrected chi connectivity index (χ3v) is 4.16. The van der Waals surface area contributed by atoms with Gasteiger partial charge in [0.1, 0.15) is 6.10 Å². The van der Waals surface area contributed by atoms with Crippen molar-refractivity contribution in [1.29, 1.82) is 0 Å². The molecule has 0 atom stereocenters. The van der Waals surface area contributed by atoms with E-state index in [9.17, 15) is 4.79 Å². The molecule has 1 N–H and O–H groups in total. The van der Waals surface area contributed by atoms with Crippen molar-refractivity contribution >= 4 is 6.09 Å². The van der Waals surface area contributed by atoms with Gasteiger partial charge in [-0.1, -0.05) is 26.2 Å². The van der Waals surface area contributed by atoms with Crippen LogP contribution in [0.5, 0.6) is 0 Å². The normalized spacial score (nSPS) is 30.9. The molecule has 0 saturated heterocycles. The average molecular weight is 239 g/mol. The zero-order chi connectivity index (χ0) is 12.1. The van der Waals surface area contributed by atoms with Crippen molar-refractivity contribution < 1.29 is 9.53 Å². The standard InChI is InChI=1S/C14H25NO2/c1-11-7-9-13(10-8-11)17-14(16)15-12-5-3-2-4-6-12/h11-13H,2-10H2,1H3,(H,15,16). The van der Waals surface area contributed by atoms with Crippen molar-refractivity contribution in [2.45, 2.75) is 76.9 Å². The zero-order valence-corrected chi connectivity index (χ0v) is 10.9. The summed E-state index contributed by atoms with van der Waals surface area (Å²) in [5.41, 5.74) is 0. The van der Waals surface area contributed by atoms with Gasteiger partial charge in [-0.05, 0) is 44.4 Å². The second-order valence-corrected chi connectivity index (χ2v) is 5.77. The molecular formula is C14H25NO2. The number of rotatable bonds is 2. The van der Waals surface area contributed by atoms with E-state index in [1.165, 1.54) is 32.1 Å². The highest BCUT2D eigenvalue weighted by Crippen LogP contribution is 2.25. The molecule has 0 radical (unpaired) electrons. The fraction of sp³-hybridized carbons (Fsp3) is 0.929. The van der Waals surface area contributed by atoms with Crippen LogP contribution in [0.25, 0.3) is 0 Å². The van der Waals surface area contributed by atoms with E-state index in [4.69, 9.17) is 4.74 Å². The van der Waals surface area contributed by atoms with E-state index in [0.29, 0.717) is 6.04 Å². The number of carbonyl (C=O) groups is 1. The quantitative estimate of drug-likeness (QED) is 0.799. The van der Waals surface area contributed by atoms with Gasteiger partial charge in [-0.2, -0.15) is 0 Å². The van der Waals surface area contributed by atoms with Crippen molar-refractivity contribution in [1.82, 2.24) is 5.32 Å². The summed E-state index contributed by atoms with van der Waals surface area (Å²) in [4.78, 5) is 11.7. The second kappa shape index (κ2) is 6.27. The van der Waals surface area contributed by atoms with Crippen LogP contribution in [0, 0.1) is 5.92 Å². The van der Waals surface area contributed by atoms with Crippen molar-refractivity contribution in [3.05, 3.63) is 0 Å². The Morgan fingerprint density at radius 1 is 1.00 bits per heavy atom. The van der Waals surface area contributed by atoms with Crippen LogP contribution >= 0.6 is 0 Å². The van der Waals surface area contributed by atoms with E-state index in [0.717, 1.165) is 31.6 Å². The van der Waals surface area contributed by atoms with E-state index in [1.54, 1.807) is 0 Å². The number of carbonyl (C=O) groups excluding carboxylic acids is 1. The summed E-state index contributed by atoms with van der Waals surface area (Å²) in [5, 5.41) is 3.02. The predicted molar refractivity (Wildman–Crippen MR) is 67.9 cm³/mol. The Morgan fingerprint density at radius 2 is 1.65 bits per heavy atom. The van der Waals surface area contributed by atoms with Gasteiger partial charge < -0.3 is 10.1 Å². The lowest BCUT2D eigenvalue weighted by molar-refractivity contribution is 0.0630. The molecule has 0 aromatic carbocycles. The maximum atomic E-state index is 11.7. The molecule has 0 unspecified atom stereocenters. The maximum Gasteiger partial charge on any atom is 0.407 e. The lowest BCUT2D eigenvalue weighted by atomic mass is 9.89. The van der Waals surface area contributed by atoms with Crippen LogP contribution in [0.3, 0.4) is 0 Å². The first kappa shape index (κ1) is 12.7. The van der Waals surface area contributed by atoms with E-state index in [-0.39, 0.29) is 12.2 Å². The SMILES string of the molecule is CC1CCC(OC(=O)NC2CCCCC2)CC1. The largest absolute Gasteiger partial charge is 0.446 e. The van der Waals surface area contributed by atoms with E-state index < -0.39 is 0 Å². The third kappa shape index (κ3) is 4.21. The van der Waals surface area contributed by atoms with Crippen LogP contribution < -0.4 is 5.32 Å². The van der Waals surface area contributed by atoms with Crippen LogP contribution in [-0.2, 0) is 4.74 Å². The highest BCUT2D eigenvalue weighted by Gasteiger charge is 2.23. The summed E-state index contributed by atoms with van der Waals surface area (Å²) >= 11 is 0. The molecule has 0 aromatic rings. The number of hydrogen-bond acceptors (Lipinski definition) is 2. The van der Waals surface area contributed by atoms with Crippen molar-refractivity contribution in [2.24, 2.45) is 5.92 Å². The highest BCUT2D eigenvalue weighted by atomic mass is 16.6. The molecule has 98 valence electrons. The summed E-state index contributed by atoms with van der Waals surface area (Å²) in [6, 6.07) is 0.360. The van der Waals surface area contributed by atoms with Gasteiger partial charge in [0.15, 0.2) is 0 Å². The fourth-order valence-corrected chi connectivity index (χ4v) is 2.95. The minimum absolute atomic E-state index is 0.162. The Balaban J connectivity index is 1.66. The molecule has 3 nitrogen and oxygen atoms in total. The molecule has 0 bridgehead atoms. The summed E-state index contributed by atoms with van der Waals surface area (Å²) in [5.74, 6) is 0.802. The van der Waals surface area contributed by atoms with E-state index >= 15 is 0 Å². The van der Waals surface area contributed by atoms with Gasteiger partial charge >= 0.3 is 6.09 Å². The molecule has 1 amide bonds. The van der Waals surface area contributed by atoms with Gasteiger partial charge in [-0.3, -0.25) is 0 Å². The zero-order valence-electron chi connectivity index (χ0n) is 10.9. The molecule has 2 aliphatic rings. The lowest BCUT2D eigenvalue weighted by Gasteiger charge is -2.28. The minimum Gasteiger partial charge on any atom is -0.446 e. The lowest BCUT2D eigenvalue weighted by Crippen LogP contribution is -2.38. The Kier molecular flexibility index (Phi) is 4.69. The fourth-order valence-electron chi connectivity index (χ4n) is 2.95. The van der Waals surface area contributed by atoms with Crippen LogP contribution in [0.15, 0.2) is 0 Å². The number of amides is 1. The van der Waals surface area contributed by atoms with Crippen LogP contribution in [0.2, 0.25) is 0 Å². The Morgan fingerprint density at radius 3 is 2.29 bits per heavy atom. The van der Waals surface area contributed by atoms with Gasteiger partial charge in [0.25, 0.3) is 0 Å². The molecule has 0 aliphatic heterocycles. The Hall–Kier alpha value is -0.730. The number of alkyl carbamates (subject to hydrolysis) is 1. The monoisotopic (exact) mass is 239 g/mol. The second-order valence-electron chi connectivity index (χ2n) is 5.77. The first-order valence-corrected chi connectivity index (χ1v) is 7.21. The highest BCUT2D eigenvalue weighted by molar-refractivity contribution is 5.67. The molecule has 2 rings (SSSR count). The van der Waals surface area contributed by atoms with Crippen LogP contribution in [-0.4, -0.2) is 18.2 Å². The van der Waals surface area contributed by atoms with E-state index in [2.05, 4.69) is 12.2 Å². The maximum absolute atomic E-state index is 11.7. The Bertz CT molecular complexity index is 241. The van der Waals surface area contributed by atoms with Gasteiger partial charge in [0, 0.05) is 6.04 Å². The first-order chi connectivity index (χ1) is 8.24. The minimum atomic E-state index is -0.184. The van der Waals surface area contributed by atoms with Gasteiger partial charge in [-0.15, -0.1) is 0 Å². The molecule has 2 aliphatic carbocycles. The Labute approximate surface area is 104 Å². The third-order valence-electron chi connectivity index (χ3n) is 4.16. The molecule has 3 heteroatoms. The van der Waals surface area contributed by atoms with Gasteiger partial charge in [-0.25, -0.2) is 4.79 Å². The summed E-state index contributed by atoms with van der Waals surface area (Å²) in [7, 11) is 0. The molecule has 17 heavy (non-hydrogen) atoms. The number of ether oxygens (including phenoxy) is 1. The van der Waals surface area contributed by atoms with Crippen molar-refractivity contribution in [3.8, 4) is 0 Å². The van der Waals surface area contributed by atoms with Crippen molar-refractivity contribution in [2.75, 3.05) is 0 Å². The number of nitrogens with one attached hydrogen (secondary N) is 1. The van der Waals surface area contributed by atoms with Crippen molar-refractivity contribution in [3.63, 3.8) is 0 Å². The molecule has 0 spiro atoms. The molecule has 2 fully saturated rings. The number of hydrogen-bond donors (Lipinski definition) is 1. The van der Waals surface area contributed by atoms with Gasteiger partial charge in [0.05, 0.1) is 0 Å². The molecule has 2 saturated carbocycles. The molecule has 0 aromatic heterocycles. The first-order valence-electron chi connectivity index (χ1n) is 7.21. The van der Waals surface area contributed by atoms with E-state index in [1.807, 2.05) is 0 Å². The van der Waals surface area contributed by atoms with Crippen LogP contribution in [0.4, 0.5) is 4.79 Å². The topological polar surface area (TPSA) is 38.3 Å². The predicted octanol–water partition coefficient (Wildman–Crippen LogP) is 3.62. The summed E-state index contributed by atoms with van der Waals surface area (Å²) < 4.78 is 5.49. The molecular weight excluding hydrogens is 214 g/mol. The average Bonchev–Trinajstić information content (AvgIpc) is 2.33. The van der Waals surface area contributed by atoms with Gasteiger partial charge in [0.2, 0.25) is 0 Å².